The molecular formula is C14H20N2O2S. The van der Waals surface area contributed by atoms with Crippen molar-refractivity contribution in [2.24, 2.45) is 5.92 Å². The molecule has 1 aromatic rings. The zero-order valence-electron chi connectivity index (χ0n) is 11.3. The number of carbonyl (C=O) groups is 1. The molecule has 1 N–H and O–H groups in total. The number of fused-ring (bicyclic) bond motifs is 1. The smallest absolute Gasteiger partial charge is 0.356 e. The normalized spacial score (nSPS) is 24.2. The Morgan fingerprint density at radius 2 is 2.11 bits per heavy atom. The van der Waals surface area contributed by atoms with Gasteiger partial charge in [-0.3, -0.25) is 0 Å². The number of carboxylic acid groups (broad SMARTS) is 1. The fourth-order valence-corrected chi connectivity index (χ4v) is 4.29. The maximum Gasteiger partial charge on any atom is 0.356 e. The van der Waals surface area contributed by atoms with Gasteiger partial charge in [0.15, 0.2) is 5.69 Å². The molecule has 1 fully saturated rings. The van der Waals surface area contributed by atoms with Gasteiger partial charge in [0.05, 0.1) is 5.69 Å². The van der Waals surface area contributed by atoms with E-state index in [1.54, 1.807) is 0 Å². The van der Waals surface area contributed by atoms with Gasteiger partial charge in [0.25, 0.3) is 0 Å². The summed E-state index contributed by atoms with van der Waals surface area (Å²) in [6.45, 7) is 3.13. The summed E-state index contributed by atoms with van der Waals surface area (Å²) in [6.07, 6.45) is 4.26. The zero-order chi connectivity index (χ0) is 13.4. The number of imidazole rings is 1. The molecule has 3 heterocycles. The van der Waals surface area contributed by atoms with Crippen LogP contribution in [-0.4, -0.2) is 32.1 Å². The standard InChI is InChI=1S/C14H20N2O2S/c1-9-2-5-16-11(8-9)12(14(17)18)15-13(16)10-3-6-19-7-4-10/h9-10H,2-8H2,1H3,(H,17,18). The number of hydrogen-bond donors (Lipinski definition) is 1. The molecule has 2 aliphatic rings. The van der Waals surface area contributed by atoms with Crippen LogP contribution in [0.2, 0.25) is 0 Å². The molecule has 4 nitrogen and oxygen atoms in total. The molecular weight excluding hydrogens is 260 g/mol. The highest BCUT2D eigenvalue weighted by Gasteiger charge is 2.30. The largest absolute Gasteiger partial charge is 0.476 e. The van der Waals surface area contributed by atoms with Crippen LogP contribution in [-0.2, 0) is 13.0 Å². The molecule has 0 aromatic carbocycles. The summed E-state index contributed by atoms with van der Waals surface area (Å²) in [5, 5.41) is 9.36. The molecule has 1 unspecified atom stereocenters. The van der Waals surface area contributed by atoms with Gasteiger partial charge < -0.3 is 9.67 Å². The van der Waals surface area contributed by atoms with E-state index in [4.69, 9.17) is 0 Å². The predicted octanol–water partition coefficient (Wildman–Crippen LogP) is 2.77. The van der Waals surface area contributed by atoms with Crippen molar-refractivity contribution in [3.63, 3.8) is 0 Å². The number of thioether (sulfide) groups is 1. The Hall–Kier alpha value is -0.970. The summed E-state index contributed by atoms with van der Waals surface area (Å²) in [5.74, 6) is 3.55. The van der Waals surface area contributed by atoms with Gasteiger partial charge >= 0.3 is 5.97 Å². The van der Waals surface area contributed by atoms with Crippen LogP contribution in [0.3, 0.4) is 0 Å². The van der Waals surface area contributed by atoms with Gasteiger partial charge in [-0.15, -0.1) is 0 Å². The molecule has 0 radical (unpaired) electrons. The van der Waals surface area contributed by atoms with E-state index in [1.807, 2.05) is 11.8 Å². The summed E-state index contributed by atoms with van der Waals surface area (Å²) < 4.78 is 2.21. The van der Waals surface area contributed by atoms with Crippen LogP contribution >= 0.6 is 11.8 Å². The van der Waals surface area contributed by atoms with Crippen molar-refractivity contribution in [2.75, 3.05) is 11.5 Å². The molecule has 0 aliphatic carbocycles. The van der Waals surface area contributed by atoms with Gasteiger partial charge in [0, 0.05) is 12.5 Å². The van der Waals surface area contributed by atoms with Crippen LogP contribution in [0.4, 0.5) is 0 Å². The Balaban J connectivity index is 2.00. The number of hydrogen-bond acceptors (Lipinski definition) is 3. The van der Waals surface area contributed by atoms with Crippen LogP contribution in [0.5, 0.6) is 0 Å². The topological polar surface area (TPSA) is 55.1 Å². The first-order chi connectivity index (χ1) is 9.16. The van der Waals surface area contributed by atoms with Crippen molar-refractivity contribution in [1.82, 2.24) is 9.55 Å². The van der Waals surface area contributed by atoms with Crippen LogP contribution in [0.25, 0.3) is 0 Å². The number of aromatic nitrogens is 2. The lowest BCUT2D eigenvalue weighted by molar-refractivity contribution is 0.0689. The third-order valence-corrected chi connectivity index (χ3v) is 5.33. The minimum absolute atomic E-state index is 0.305. The molecule has 0 bridgehead atoms. The Kier molecular flexibility index (Phi) is 3.56. The number of rotatable bonds is 2. The van der Waals surface area contributed by atoms with E-state index >= 15 is 0 Å². The van der Waals surface area contributed by atoms with E-state index in [0.717, 1.165) is 43.7 Å². The van der Waals surface area contributed by atoms with Crippen LogP contribution in [0.1, 0.15) is 54.1 Å². The molecule has 1 aromatic heterocycles. The summed E-state index contributed by atoms with van der Waals surface area (Å²) in [6, 6.07) is 0. The van der Waals surface area contributed by atoms with Gasteiger partial charge in [-0.25, -0.2) is 9.78 Å². The second-order valence-corrected chi connectivity index (χ2v) is 6.93. The van der Waals surface area contributed by atoms with Crippen LogP contribution < -0.4 is 0 Å². The van der Waals surface area contributed by atoms with Crippen molar-refractivity contribution in [3.05, 3.63) is 17.2 Å². The quantitative estimate of drug-likeness (QED) is 0.905. The first-order valence-electron chi connectivity index (χ1n) is 7.07. The minimum atomic E-state index is -0.866. The third kappa shape index (κ3) is 2.40. The lowest BCUT2D eigenvalue weighted by Gasteiger charge is -2.26. The molecule has 1 atom stereocenters. The first-order valence-corrected chi connectivity index (χ1v) is 8.22. The van der Waals surface area contributed by atoms with Gasteiger partial charge in [-0.2, -0.15) is 11.8 Å². The van der Waals surface area contributed by atoms with Gasteiger partial charge in [0.1, 0.15) is 5.82 Å². The van der Waals surface area contributed by atoms with Gasteiger partial charge in [0.2, 0.25) is 0 Å². The second kappa shape index (κ2) is 5.19. The highest BCUT2D eigenvalue weighted by atomic mass is 32.2. The molecule has 1 saturated heterocycles. The first kappa shape index (κ1) is 13.0. The Bertz CT molecular complexity index is 492. The summed E-state index contributed by atoms with van der Waals surface area (Å²) >= 11 is 1.99. The molecule has 5 heteroatoms. The van der Waals surface area contributed by atoms with Crippen molar-refractivity contribution in [3.8, 4) is 0 Å². The number of aromatic carboxylic acids is 1. The zero-order valence-corrected chi connectivity index (χ0v) is 12.1. The minimum Gasteiger partial charge on any atom is -0.476 e. The second-order valence-electron chi connectivity index (χ2n) is 5.71. The Morgan fingerprint density at radius 3 is 2.79 bits per heavy atom. The van der Waals surface area contributed by atoms with E-state index < -0.39 is 5.97 Å². The summed E-state index contributed by atoms with van der Waals surface area (Å²) in [4.78, 5) is 15.9. The third-order valence-electron chi connectivity index (χ3n) is 4.28. The van der Waals surface area contributed by atoms with Gasteiger partial charge in [-0.05, 0) is 43.1 Å². The molecule has 0 spiro atoms. The molecule has 19 heavy (non-hydrogen) atoms. The van der Waals surface area contributed by atoms with Crippen LogP contribution in [0, 0.1) is 5.92 Å². The SMILES string of the molecule is CC1CCn2c(C3CCSCC3)nc(C(=O)O)c2C1. The monoisotopic (exact) mass is 280 g/mol. The van der Waals surface area contributed by atoms with Crippen molar-refractivity contribution >= 4 is 17.7 Å². The molecule has 0 amide bonds. The number of nitrogens with zero attached hydrogens (tertiary/aromatic N) is 2. The lowest BCUT2D eigenvalue weighted by Crippen LogP contribution is -2.22. The number of carboxylic acids is 1. The van der Waals surface area contributed by atoms with E-state index in [0.29, 0.717) is 17.5 Å². The summed E-state index contributed by atoms with van der Waals surface area (Å²) in [7, 11) is 0. The molecule has 2 aliphatic heterocycles. The predicted molar refractivity (Wildman–Crippen MR) is 76.0 cm³/mol. The van der Waals surface area contributed by atoms with Gasteiger partial charge in [-0.1, -0.05) is 6.92 Å². The average Bonchev–Trinajstić information content (AvgIpc) is 2.78. The average molecular weight is 280 g/mol. The fourth-order valence-electron chi connectivity index (χ4n) is 3.18. The van der Waals surface area contributed by atoms with Crippen molar-refractivity contribution < 1.29 is 9.90 Å². The summed E-state index contributed by atoms with van der Waals surface area (Å²) in [5.41, 5.74) is 1.26. The maximum atomic E-state index is 11.4. The van der Waals surface area contributed by atoms with Crippen LogP contribution in [0.15, 0.2) is 0 Å². The maximum absolute atomic E-state index is 11.4. The van der Waals surface area contributed by atoms with E-state index in [-0.39, 0.29) is 0 Å². The Labute approximate surface area is 117 Å². The van der Waals surface area contributed by atoms with E-state index in [1.165, 1.54) is 11.5 Å². The molecule has 3 rings (SSSR count). The highest BCUT2D eigenvalue weighted by Crippen LogP contribution is 2.34. The lowest BCUT2D eigenvalue weighted by atomic mass is 9.96. The van der Waals surface area contributed by atoms with E-state index in [9.17, 15) is 9.90 Å². The fraction of sp³-hybridized carbons (Fsp3) is 0.714. The molecule has 104 valence electrons. The highest BCUT2D eigenvalue weighted by molar-refractivity contribution is 7.99. The van der Waals surface area contributed by atoms with E-state index in [2.05, 4.69) is 16.5 Å². The Morgan fingerprint density at radius 1 is 1.37 bits per heavy atom. The van der Waals surface area contributed by atoms with Crippen molar-refractivity contribution in [1.29, 1.82) is 0 Å². The van der Waals surface area contributed by atoms with Crippen molar-refractivity contribution in [2.45, 2.75) is 45.1 Å². The molecule has 0 saturated carbocycles.